The Balaban J connectivity index is 3.11. The van der Waals surface area contributed by atoms with E-state index in [1.54, 1.807) is 14.2 Å². The zero-order valence-corrected chi connectivity index (χ0v) is 9.33. The Morgan fingerprint density at radius 2 is 2.08 bits per heavy atom. The van der Waals surface area contributed by atoms with Crippen molar-refractivity contribution < 1.29 is 13.9 Å². The maximum Gasteiger partial charge on any atom is 0.184 e. The van der Waals surface area contributed by atoms with Gasteiger partial charge >= 0.3 is 0 Å². The standard InChI is InChI=1S/C8H18O3Si/c1-4-12-11-7-5-6-8(9-2)10-3/h4,8H,1,5-7,12H2,2-3H3. The summed E-state index contributed by atoms with van der Waals surface area (Å²) in [5.41, 5.74) is 1.88. The zero-order chi connectivity index (χ0) is 9.23. The molecule has 72 valence electrons. The van der Waals surface area contributed by atoms with Crippen molar-refractivity contribution in [2.24, 2.45) is 0 Å². The third-order valence-electron chi connectivity index (χ3n) is 1.49. The SMILES string of the molecule is C=C[SiH2]OCCCC(OC)OC. The van der Waals surface area contributed by atoms with Gasteiger partial charge in [0.25, 0.3) is 0 Å². The molecule has 0 aliphatic rings. The van der Waals surface area contributed by atoms with Crippen molar-refractivity contribution in [1.82, 2.24) is 0 Å². The van der Waals surface area contributed by atoms with Crippen LogP contribution in [0, 0.1) is 0 Å². The van der Waals surface area contributed by atoms with Crippen LogP contribution < -0.4 is 0 Å². The summed E-state index contributed by atoms with van der Waals surface area (Å²) in [4.78, 5) is 0. The van der Waals surface area contributed by atoms with Crippen LogP contribution >= 0.6 is 0 Å². The van der Waals surface area contributed by atoms with Crippen LogP contribution in [0.2, 0.25) is 0 Å². The molecule has 0 N–H and O–H groups in total. The largest absolute Gasteiger partial charge is 0.419 e. The maximum absolute atomic E-state index is 5.33. The van der Waals surface area contributed by atoms with E-state index in [9.17, 15) is 0 Å². The molecule has 0 aromatic heterocycles. The van der Waals surface area contributed by atoms with E-state index in [1.807, 2.05) is 5.70 Å². The molecule has 0 heterocycles. The quantitative estimate of drug-likeness (QED) is 0.319. The Bertz CT molecular complexity index is 104. The molecule has 0 atom stereocenters. The number of hydrogen-bond donors (Lipinski definition) is 0. The van der Waals surface area contributed by atoms with Crippen LogP contribution in [-0.4, -0.2) is 36.9 Å². The molecule has 0 aliphatic heterocycles. The third-order valence-corrected chi connectivity index (χ3v) is 2.25. The number of hydrogen-bond acceptors (Lipinski definition) is 3. The smallest absolute Gasteiger partial charge is 0.184 e. The van der Waals surface area contributed by atoms with Crippen molar-refractivity contribution in [2.45, 2.75) is 19.1 Å². The van der Waals surface area contributed by atoms with E-state index in [1.165, 1.54) is 0 Å². The molecule has 12 heavy (non-hydrogen) atoms. The Kier molecular flexibility index (Phi) is 8.81. The van der Waals surface area contributed by atoms with Crippen LogP contribution in [0.3, 0.4) is 0 Å². The maximum atomic E-state index is 5.33. The summed E-state index contributed by atoms with van der Waals surface area (Å²) < 4.78 is 15.4. The zero-order valence-electron chi connectivity index (χ0n) is 7.91. The lowest BCUT2D eigenvalue weighted by Crippen LogP contribution is -2.13. The fourth-order valence-corrected chi connectivity index (χ4v) is 1.39. The van der Waals surface area contributed by atoms with Crippen LogP contribution in [0.5, 0.6) is 0 Å². The normalized spacial score (nSPS) is 11.6. The van der Waals surface area contributed by atoms with Gasteiger partial charge in [-0.3, -0.25) is 0 Å². The molecule has 0 rings (SSSR count). The van der Waals surface area contributed by atoms with E-state index in [0.29, 0.717) is 0 Å². The molecule has 0 aromatic carbocycles. The van der Waals surface area contributed by atoms with Crippen molar-refractivity contribution in [1.29, 1.82) is 0 Å². The van der Waals surface area contributed by atoms with E-state index >= 15 is 0 Å². The van der Waals surface area contributed by atoms with Gasteiger partial charge in [0.05, 0.1) is 0 Å². The van der Waals surface area contributed by atoms with Crippen molar-refractivity contribution in [3.05, 3.63) is 12.3 Å². The van der Waals surface area contributed by atoms with E-state index in [0.717, 1.165) is 19.4 Å². The van der Waals surface area contributed by atoms with Gasteiger partial charge in [-0.1, -0.05) is 5.70 Å². The van der Waals surface area contributed by atoms with Crippen LogP contribution in [0.4, 0.5) is 0 Å². The van der Waals surface area contributed by atoms with E-state index in [4.69, 9.17) is 13.9 Å². The highest BCUT2D eigenvalue weighted by Crippen LogP contribution is 2.01. The average molecular weight is 190 g/mol. The number of rotatable bonds is 8. The fourth-order valence-electron chi connectivity index (χ4n) is 0.851. The third kappa shape index (κ3) is 6.54. The summed E-state index contributed by atoms with van der Waals surface area (Å²) in [5, 5.41) is 0. The van der Waals surface area contributed by atoms with E-state index in [2.05, 4.69) is 6.58 Å². The van der Waals surface area contributed by atoms with Gasteiger partial charge in [-0.05, 0) is 6.42 Å². The van der Waals surface area contributed by atoms with Gasteiger partial charge in [0.2, 0.25) is 0 Å². The highest BCUT2D eigenvalue weighted by atomic mass is 28.2. The molecule has 0 aliphatic carbocycles. The Morgan fingerprint density at radius 1 is 1.42 bits per heavy atom. The fraction of sp³-hybridized carbons (Fsp3) is 0.750. The van der Waals surface area contributed by atoms with E-state index in [-0.39, 0.29) is 6.29 Å². The molecule has 0 radical (unpaired) electrons. The molecule has 0 bridgehead atoms. The number of ether oxygens (including phenoxy) is 2. The molecule has 4 heteroatoms. The Hall–Kier alpha value is -0.163. The second-order valence-electron chi connectivity index (χ2n) is 2.41. The summed E-state index contributed by atoms with van der Waals surface area (Å²) >= 11 is 0. The van der Waals surface area contributed by atoms with Crippen molar-refractivity contribution in [3.8, 4) is 0 Å². The lowest BCUT2D eigenvalue weighted by Gasteiger charge is -2.12. The average Bonchev–Trinajstić information content (AvgIpc) is 2.11. The predicted octanol–water partition coefficient (Wildman–Crippen LogP) is 0.629. The van der Waals surface area contributed by atoms with Crippen LogP contribution in [0.1, 0.15) is 12.8 Å². The first kappa shape index (κ1) is 11.8. The van der Waals surface area contributed by atoms with Crippen molar-refractivity contribution in [3.63, 3.8) is 0 Å². The van der Waals surface area contributed by atoms with E-state index < -0.39 is 9.76 Å². The molecule has 0 unspecified atom stereocenters. The molecule has 0 saturated carbocycles. The molecular formula is C8H18O3Si. The summed E-state index contributed by atoms with van der Waals surface area (Å²) in [7, 11) is 2.84. The summed E-state index contributed by atoms with van der Waals surface area (Å²) in [6, 6.07) is 0. The molecule has 0 aromatic rings. The van der Waals surface area contributed by atoms with Crippen LogP contribution in [0.25, 0.3) is 0 Å². The van der Waals surface area contributed by atoms with Gasteiger partial charge in [-0.15, -0.1) is 6.58 Å². The summed E-state index contributed by atoms with van der Waals surface area (Å²) in [5.74, 6) is 0. The predicted molar refractivity (Wildman–Crippen MR) is 51.7 cm³/mol. The monoisotopic (exact) mass is 190 g/mol. The molecule has 3 nitrogen and oxygen atoms in total. The van der Waals surface area contributed by atoms with Crippen molar-refractivity contribution >= 4 is 9.76 Å². The second-order valence-corrected chi connectivity index (χ2v) is 3.73. The first-order valence-corrected chi connectivity index (χ1v) is 5.48. The van der Waals surface area contributed by atoms with Gasteiger partial charge in [0, 0.05) is 27.2 Å². The highest BCUT2D eigenvalue weighted by Gasteiger charge is 2.02. The Morgan fingerprint density at radius 3 is 2.58 bits per heavy atom. The molecule has 0 saturated heterocycles. The topological polar surface area (TPSA) is 27.7 Å². The lowest BCUT2D eigenvalue weighted by molar-refractivity contribution is -0.107. The highest BCUT2D eigenvalue weighted by molar-refractivity contribution is 6.33. The summed E-state index contributed by atoms with van der Waals surface area (Å²) in [6.07, 6.45) is 1.78. The number of methoxy groups -OCH3 is 2. The second kappa shape index (κ2) is 8.93. The first-order chi connectivity index (χ1) is 5.85. The van der Waals surface area contributed by atoms with Gasteiger partial charge in [-0.25, -0.2) is 0 Å². The Labute approximate surface area is 76.6 Å². The van der Waals surface area contributed by atoms with Crippen LogP contribution in [0.15, 0.2) is 12.3 Å². The lowest BCUT2D eigenvalue weighted by atomic mass is 10.3. The minimum absolute atomic E-state index is 0.0843. The van der Waals surface area contributed by atoms with Gasteiger partial charge in [-0.2, -0.15) is 0 Å². The molecule has 0 amide bonds. The van der Waals surface area contributed by atoms with Gasteiger partial charge < -0.3 is 13.9 Å². The molecular weight excluding hydrogens is 172 g/mol. The summed E-state index contributed by atoms with van der Waals surface area (Å²) in [6.45, 7) is 4.41. The molecule has 0 spiro atoms. The molecule has 0 fully saturated rings. The first-order valence-electron chi connectivity index (χ1n) is 4.09. The minimum Gasteiger partial charge on any atom is -0.419 e. The minimum atomic E-state index is -0.453. The van der Waals surface area contributed by atoms with Crippen LogP contribution in [-0.2, 0) is 13.9 Å². The van der Waals surface area contributed by atoms with Crippen molar-refractivity contribution in [2.75, 3.05) is 20.8 Å². The van der Waals surface area contributed by atoms with Gasteiger partial charge in [0.1, 0.15) is 0 Å². The van der Waals surface area contributed by atoms with Gasteiger partial charge in [0.15, 0.2) is 16.1 Å².